The highest BCUT2D eigenvalue weighted by Crippen LogP contribution is 2.64. The molecule has 2 aliphatic carbocycles. The van der Waals surface area contributed by atoms with Crippen LogP contribution in [0.3, 0.4) is 0 Å². The van der Waals surface area contributed by atoms with Crippen LogP contribution in [0.15, 0.2) is 302 Å². The van der Waals surface area contributed by atoms with Gasteiger partial charge in [-0.25, -0.2) is 0 Å². The highest BCUT2D eigenvalue weighted by Gasteiger charge is 2.45. The Hall–Kier alpha value is -10.3. The van der Waals surface area contributed by atoms with Crippen molar-refractivity contribution in [2.24, 2.45) is 0 Å². The zero-order valence-corrected chi connectivity index (χ0v) is 46.2. The van der Waals surface area contributed by atoms with Gasteiger partial charge in [0.15, 0.2) is 0 Å². The fraction of sp³-hybridized carbons (Fsp3) is 0.0370. The van der Waals surface area contributed by atoms with E-state index in [-0.39, 0.29) is 0 Å². The summed E-state index contributed by atoms with van der Waals surface area (Å²) in [4.78, 5) is 2.58. The van der Waals surface area contributed by atoms with Gasteiger partial charge in [-0.1, -0.05) is 260 Å². The van der Waals surface area contributed by atoms with E-state index in [4.69, 9.17) is 0 Å². The van der Waals surface area contributed by atoms with Gasteiger partial charge in [0.25, 0.3) is 0 Å². The van der Waals surface area contributed by atoms with E-state index < -0.39 is 0 Å². The van der Waals surface area contributed by atoms with Crippen LogP contribution in [0.1, 0.15) is 44.5 Å². The first-order chi connectivity index (χ1) is 40.5. The molecule has 0 amide bonds. The maximum Gasteiger partial charge on any atom is 0.0631 e. The highest BCUT2D eigenvalue weighted by atomic mass is 15.2. The molecule has 0 bridgehead atoms. The third-order valence-corrected chi connectivity index (χ3v) is 17.2. The first-order valence-electron chi connectivity index (χ1n) is 28.6. The lowest BCUT2D eigenvalue weighted by atomic mass is 9.78. The predicted octanol–water partition coefficient (Wildman–Crippen LogP) is 21.7. The van der Waals surface area contributed by atoms with Gasteiger partial charge in [-0.15, -0.1) is 0 Å². The second-order valence-corrected chi connectivity index (χ2v) is 22.0. The van der Waals surface area contributed by atoms with Gasteiger partial charge in [-0.05, 0) is 179 Å². The Kier molecular flexibility index (Phi) is 11.9. The molecule has 0 N–H and O–H groups in total. The van der Waals surface area contributed by atoms with E-state index in [9.17, 15) is 0 Å². The summed E-state index contributed by atoms with van der Waals surface area (Å²) in [6, 6.07) is 108. The van der Waals surface area contributed by atoms with Gasteiger partial charge in [0.05, 0.1) is 5.70 Å². The Labute approximate surface area is 480 Å². The van der Waals surface area contributed by atoms with Crippen LogP contribution in [-0.2, 0) is 0 Å². The number of aryl methyl sites for hydroxylation is 1. The van der Waals surface area contributed by atoms with Gasteiger partial charge in [0.2, 0.25) is 0 Å². The lowest BCUT2D eigenvalue weighted by Crippen LogP contribution is -2.19. The van der Waals surface area contributed by atoms with Gasteiger partial charge >= 0.3 is 0 Å². The molecule has 13 aromatic rings. The molecule has 1 heteroatoms. The number of allylic oxidation sites excluding steroid dienone is 3. The third-order valence-electron chi connectivity index (χ3n) is 17.2. The SMILES string of the molecule is Cc1ccc(N(C2=C(c3ccccc3)C(c3cccc(-c4ccccc4)c3)=C3C2=C(c2ccccc2)c2c(C)c(-c4ccc5c(-c6cccc7ccccc67)cccc5c4)c(-c4ccccc4)c(C)c23)c2ccc3ccccc3c2)cc1. The van der Waals surface area contributed by atoms with E-state index in [2.05, 4.69) is 317 Å². The minimum Gasteiger partial charge on any atom is -0.309 e. The van der Waals surface area contributed by atoms with Crippen LogP contribution in [0, 0.1) is 20.8 Å². The minimum atomic E-state index is 1.09. The summed E-state index contributed by atoms with van der Waals surface area (Å²) in [6.45, 7) is 6.99. The second kappa shape index (κ2) is 20.1. The van der Waals surface area contributed by atoms with Crippen LogP contribution in [0.2, 0.25) is 0 Å². The average molecular weight is 1040 g/mol. The molecule has 13 aromatic carbocycles. The van der Waals surface area contributed by atoms with Gasteiger partial charge in [-0.2, -0.15) is 0 Å². The van der Waals surface area contributed by atoms with E-state index >= 15 is 0 Å². The zero-order valence-electron chi connectivity index (χ0n) is 46.2. The molecule has 0 heterocycles. The minimum absolute atomic E-state index is 1.09. The van der Waals surface area contributed by atoms with E-state index in [0.29, 0.717) is 0 Å². The van der Waals surface area contributed by atoms with Crippen molar-refractivity contribution in [3.8, 4) is 44.5 Å². The Morgan fingerprint density at radius 2 is 0.720 bits per heavy atom. The Bertz CT molecular complexity index is 4770. The topological polar surface area (TPSA) is 3.24 Å². The van der Waals surface area contributed by atoms with Crippen molar-refractivity contribution in [1.29, 1.82) is 0 Å². The molecule has 0 aromatic heterocycles. The van der Waals surface area contributed by atoms with Crippen LogP contribution in [0.25, 0.3) is 99.1 Å². The number of hydrogen-bond donors (Lipinski definition) is 0. The Morgan fingerprint density at radius 3 is 1.40 bits per heavy atom. The monoisotopic (exact) mass is 1040 g/mol. The van der Waals surface area contributed by atoms with Crippen molar-refractivity contribution >= 4 is 66.0 Å². The number of fused-ring (bicyclic) bond motifs is 6. The Balaban J connectivity index is 1.09. The summed E-state index contributed by atoms with van der Waals surface area (Å²) in [5, 5.41) is 7.35. The van der Waals surface area contributed by atoms with E-state index in [0.717, 1.165) is 22.6 Å². The zero-order chi connectivity index (χ0) is 54.8. The molecule has 0 atom stereocenters. The number of rotatable bonds is 10. The molecule has 0 saturated heterocycles. The standard InChI is InChI=1S/C81H57N/c1-52-41-45-66(46-42-52)82(67-47-43-56-25-16-17-33-62(56)51-67)81-78(60-31-14-7-15-32-60)77(64-37-20-35-61(49-64)55-23-8-4-9-24-55)79-75-53(2)72(58-27-10-5-11-28-58)73(54(3)74(75)76(80(79)81)59-29-12-6-13-30-59)65-44-48-69-63(50-65)36-22-40-71(69)70-39-21-34-57-26-18-19-38-68(57)70/h4-51H,1-3H3. The van der Waals surface area contributed by atoms with Crippen molar-refractivity contribution in [3.63, 3.8) is 0 Å². The fourth-order valence-electron chi connectivity index (χ4n) is 13.5. The van der Waals surface area contributed by atoms with Crippen LogP contribution in [0.5, 0.6) is 0 Å². The molecule has 15 rings (SSSR count). The second-order valence-electron chi connectivity index (χ2n) is 22.0. The molecule has 0 unspecified atom stereocenters. The van der Waals surface area contributed by atoms with Crippen molar-refractivity contribution in [2.45, 2.75) is 20.8 Å². The molecule has 386 valence electrons. The summed E-state index contributed by atoms with van der Waals surface area (Å²) >= 11 is 0. The normalized spacial score (nSPS) is 12.9. The number of benzene rings is 13. The summed E-state index contributed by atoms with van der Waals surface area (Å²) in [5.74, 6) is 0. The summed E-state index contributed by atoms with van der Waals surface area (Å²) in [6.07, 6.45) is 0. The van der Waals surface area contributed by atoms with Crippen molar-refractivity contribution in [2.75, 3.05) is 4.90 Å². The third kappa shape index (κ3) is 8.08. The number of anilines is 2. The van der Waals surface area contributed by atoms with Crippen molar-refractivity contribution in [3.05, 3.63) is 347 Å². The van der Waals surface area contributed by atoms with Crippen LogP contribution < -0.4 is 4.90 Å². The van der Waals surface area contributed by atoms with Crippen LogP contribution in [-0.4, -0.2) is 0 Å². The quantitative estimate of drug-likeness (QED) is 0.132. The highest BCUT2D eigenvalue weighted by molar-refractivity contribution is 6.33. The van der Waals surface area contributed by atoms with Gasteiger partial charge in [-0.3, -0.25) is 0 Å². The fourth-order valence-corrected chi connectivity index (χ4v) is 13.5. The molecular formula is C81H57N. The van der Waals surface area contributed by atoms with Crippen molar-refractivity contribution in [1.82, 2.24) is 0 Å². The molecule has 1 nitrogen and oxygen atoms in total. The van der Waals surface area contributed by atoms with Gasteiger partial charge < -0.3 is 4.90 Å². The van der Waals surface area contributed by atoms with E-state index in [1.807, 2.05) is 0 Å². The predicted molar refractivity (Wildman–Crippen MR) is 349 cm³/mol. The summed E-state index contributed by atoms with van der Waals surface area (Å²) < 4.78 is 0. The molecule has 0 aliphatic heterocycles. The van der Waals surface area contributed by atoms with Crippen LogP contribution in [0.4, 0.5) is 11.4 Å². The molecule has 0 fully saturated rings. The average Bonchev–Trinajstić information content (AvgIpc) is 1.81. The first kappa shape index (κ1) is 48.8. The molecular weight excluding hydrogens is 987 g/mol. The lowest BCUT2D eigenvalue weighted by Gasteiger charge is -2.30. The van der Waals surface area contributed by atoms with Gasteiger partial charge in [0.1, 0.15) is 0 Å². The molecule has 2 aliphatic rings. The smallest absolute Gasteiger partial charge is 0.0631 e. The lowest BCUT2D eigenvalue weighted by molar-refractivity contribution is 1.20. The van der Waals surface area contributed by atoms with Crippen LogP contribution >= 0.6 is 0 Å². The van der Waals surface area contributed by atoms with Gasteiger partial charge in [0, 0.05) is 33.7 Å². The maximum atomic E-state index is 2.58. The molecule has 82 heavy (non-hydrogen) atoms. The Morgan fingerprint density at radius 1 is 0.232 bits per heavy atom. The molecule has 0 saturated carbocycles. The molecule has 0 spiro atoms. The molecule has 0 radical (unpaired) electrons. The summed E-state index contributed by atoms with van der Waals surface area (Å²) in [5.41, 5.74) is 29.0. The number of hydrogen-bond acceptors (Lipinski definition) is 1. The first-order valence-corrected chi connectivity index (χ1v) is 28.6. The summed E-state index contributed by atoms with van der Waals surface area (Å²) in [7, 11) is 0. The maximum absolute atomic E-state index is 2.58. The number of nitrogens with zero attached hydrogens (tertiary/aromatic N) is 1. The van der Waals surface area contributed by atoms with E-state index in [1.54, 1.807) is 0 Å². The van der Waals surface area contributed by atoms with E-state index in [1.165, 1.54) is 144 Å². The van der Waals surface area contributed by atoms with Crippen molar-refractivity contribution < 1.29 is 0 Å². The largest absolute Gasteiger partial charge is 0.309 e.